The van der Waals surface area contributed by atoms with E-state index >= 15 is 0 Å². The summed E-state index contributed by atoms with van der Waals surface area (Å²) in [4.78, 5) is 28.3. The molecule has 3 rings (SSSR count). The number of carboxylic acids is 1. The number of rotatable bonds is 3. The standard InChI is InChI=1S/C15H14N2O3S/c1-17-12(15(19)20)7-13-11(14(17)18)6-10(21-13)5-9-3-2-4-16-8-9/h2-4,7-8,10H,5-6H2,1H3,(H,19,20). The van der Waals surface area contributed by atoms with E-state index in [-0.39, 0.29) is 16.5 Å². The second-order valence-corrected chi connectivity index (χ2v) is 6.39. The van der Waals surface area contributed by atoms with Crippen LogP contribution in [-0.2, 0) is 19.9 Å². The van der Waals surface area contributed by atoms with Crippen molar-refractivity contribution in [2.75, 3.05) is 0 Å². The lowest BCUT2D eigenvalue weighted by atomic mass is 10.1. The molecule has 0 bridgehead atoms. The van der Waals surface area contributed by atoms with Crippen LogP contribution in [0.3, 0.4) is 0 Å². The molecule has 6 heteroatoms. The second-order valence-electron chi connectivity index (χ2n) is 5.05. The molecule has 108 valence electrons. The van der Waals surface area contributed by atoms with Crippen molar-refractivity contribution in [2.45, 2.75) is 23.0 Å². The minimum atomic E-state index is -1.08. The van der Waals surface area contributed by atoms with Crippen LogP contribution in [0.25, 0.3) is 0 Å². The number of hydrogen-bond acceptors (Lipinski definition) is 4. The number of aromatic nitrogens is 2. The fraction of sp³-hybridized carbons (Fsp3) is 0.267. The van der Waals surface area contributed by atoms with E-state index in [0.29, 0.717) is 6.42 Å². The first kappa shape index (κ1) is 13.9. The Morgan fingerprint density at radius 3 is 3.05 bits per heavy atom. The lowest BCUT2D eigenvalue weighted by Crippen LogP contribution is -2.26. The maximum atomic E-state index is 12.3. The van der Waals surface area contributed by atoms with Gasteiger partial charge in [0.05, 0.1) is 0 Å². The summed E-state index contributed by atoms with van der Waals surface area (Å²) >= 11 is 1.58. The lowest BCUT2D eigenvalue weighted by Gasteiger charge is -2.07. The van der Waals surface area contributed by atoms with Crippen LogP contribution in [0.2, 0.25) is 0 Å². The first-order valence-corrected chi connectivity index (χ1v) is 7.46. The van der Waals surface area contributed by atoms with Crippen LogP contribution in [0, 0.1) is 0 Å². The maximum absolute atomic E-state index is 12.3. The minimum absolute atomic E-state index is 0.0354. The monoisotopic (exact) mass is 302 g/mol. The van der Waals surface area contributed by atoms with Crippen LogP contribution in [-0.4, -0.2) is 25.9 Å². The van der Waals surface area contributed by atoms with Gasteiger partial charge in [0.2, 0.25) is 0 Å². The van der Waals surface area contributed by atoms with Gasteiger partial charge in [-0.05, 0) is 30.5 Å². The summed E-state index contributed by atoms with van der Waals surface area (Å²) in [6.45, 7) is 0. The Balaban J connectivity index is 1.89. The van der Waals surface area contributed by atoms with Gasteiger partial charge in [0.15, 0.2) is 0 Å². The van der Waals surface area contributed by atoms with Gasteiger partial charge in [-0.25, -0.2) is 4.79 Å². The topological polar surface area (TPSA) is 72.2 Å². The van der Waals surface area contributed by atoms with Crippen molar-refractivity contribution in [2.24, 2.45) is 7.05 Å². The molecule has 1 unspecified atom stereocenters. The number of hydrogen-bond donors (Lipinski definition) is 1. The van der Waals surface area contributed by atoms with Gasteiger partial charge in [-0.15, -0.1) is 11.8 Å². The van der Waals surface area contributed by atoms with Crippen molar-refractivity contribution in [1.82, 2.24) is 9.55 Å². The van der Waals surface area contributed by atoms with Crippen LogP contribution in [0.5, 0.6) is 0 Å². The molecule has 2 aromatic rings. The molecule has 1 atom stereocenters. The van der Waals surface area contributed by atoms with Crippen molar-refractivity contribution >= 4 is 17.7 Å². The first-order valence-electron chi connectivity index (χ1n) is 6.58. The summed E-state index contributed by atoms with van der Waals surface area (Å²) in [6, 6.07) is 5.51. The number of aromatic carboxylic acids is 1. The molecule has 0 fully saturated rings. The highest BCUT2D eigenvalue weighted by atomic mass is 32.2. The van der Waals surface area contributed by atoms with Gasteiger partial charge in [0.1, 0.15) is 5.69 Å². The number of pyridine rings is 2. The van der Waals surface area contributed by atoms with Gasteiger partial charge >= 0.3 is 5.97 Å². The van der Waals surface area contributed by atoms with E-state index in [4.69, 9.17) is 5.11 Å². The second kappa shape index (κ2) is 5.37. The molecule has 1 aliphatic heterocycles. The number of nitrogens with zero attached hydrogens (tertiary/aromatic N) is 2. The van der Waals surface area contributed by atoms with Gasteiger partial charge in [-0.1, -0.05) is 6.07 Å². The third-order valence-corrected chi connectivity index (χ3v) is 4.90. The molecule has 1 N–H and O–H groups in total. The van der Waals surface area contributed by atoms with Crippen molar-refractivity contribution in [3.05, 3.63) is 57.8 Å². The maximum Gasteiger partial charge on any atom is 0.352 e. The molecular weight excluding hydrogens is 288 g/mol. The zero-order valence-corrected chi connectivity index (χ0v) is 12.3. The van der Waals surface area contributed by atoms with Crippen LogP contribution >= 0.6 is 11.8 Å². The molecule has 0 amide bonds. The molecule has 0 aliphatic carbocycles. The highest BCUT2D eigenvalue weighted by Crippen LogP contribution is 2.37. The SMILES string of the molecule is Cn1c(C(=O)O)cc2c(c1=O)CC(Cc1cccnc1)S2. The van der Waals surface area contributed by atoms with Crippen LogP contribution in [0.4, 0.5) is 0 Å². The third kappa shape index (κ3) is 2.58. The quantitative estimate of drug-likeness (QED) is 0.935. The minimum Gasteiger partial charge on any atom is -0.477 e. The largest absolute Gasteiger partial charge is 0.477 e. The summed E-state index contributed by atoms with van der Waals surface area (Å²) < 4.78 is 1.22. The third-order valence-electron chi connectivity index (χ3n) is 3.62. The van der Waals surface area contributed by atoms with E-state index in [1.807, 2.05) is 18.3 Å². The molecule has 0 spiro atoms. The number of carboxylic acid groups (broad SMARTS) is 1. The Morgan fingerprint density at radius 2 is 2.38 bits per heavy atom. The Hall–Kier alpha value is -2.08. The fourth-order valence-electron chi connectivity index (χ4n) is 2.57. The van der Waals surface area contributed by atoms with Gasteiger partial charge in [0.25, 0.3) is 5.56 Å². The molecule has 21 heavy (non-hydrogen) atoms. The van der Waals surface area contributed by atoms with Crippen molar-refractivity contribution in [3.63, 3.8) is 0 Å². The first-order chi connectivity index (χ1) is 10.1. The van der Waals surface area contributed by atoms with Gasteiger partial charge in [-0.3, -0.25) is 9.78 Å². The molecule has 1 aliphatic rings. The highest BCUT2D eigenvalue weighted by molar-refractivity contribution is 8.00. The Kier molecular flexibility index (Phi) is 3.55. The van der Waals surface area contributed by atoms with Gasteiger partial charge < -0.3 is 9.67 Å². The van der Waals surface area contributed by atoms with E-state index in [2.05, 4.69) is 4.98 Å². The van der Waals surface area contributed by atoms with Crippen molar-refractivity contribution in [1.29, 1.82) is 0 Å². The van der Waals surface area contributed by atoms with Crippen molar-refractivity contribution < 1.29 is 9.90 Å². The number of fused-ring (bicyclic) bond motifs is 1. The smallest absolute Gasteiger partial charge is 0.352 e. The predicted molar refractivity (Wildman–Crippen MR) is 79.9 cm³/mol. The molecule has 3 heterocycles. The summed E-state index contributed by atoms with van der Waals surface area (Å²) in [5.41, 5.74) is 1.68. The molecule has 5 nitrogen and oxygen atoms in total. The fourth-order valence-corrected chi connectivity index (χ4v) is 3.95. The molecule has 0 saturated heterocycles. The van der Waals surface area contributed by atoms with Crippen LogP contribution < -0.4 is 5.56 Å². The van der Waals surface area contributed by atoms with E-state index in [9.17, 15) is 9.59 Å². The van der Waals surface area contributed by atoms with E-state index in [1.54, 1.807) is 24.0 Å². The van der Waals surface area contributed by atoms with E-state index in [0.717, 1.165) is 22.4 Å². The molecule has 0 aromatic carbocycles. The van der Waals surface area contributed by atoms with Gasteiger partial charge in [-0.2, -0.15) is 0 Å². The lowest BCUT2D eigenvalue weighted by molar-refractivity contribution is 0.0684. The van der Waals surface area contributed by atoms with Crippen LogP contribution in [0.1, 0.15) is 21.6 Å². The number of carbonyl (C=O) groups is 1. The average molecular weight is 302 g/mol. The van der Waals surface area contributed by atoms with Gasteiger partial charge in [0, 0.05) is 35.2 Å². The summed E-state index contributed by atoms with van der Waals surface area (Å²) in [6.07, 6.45) is 5.04. The number of thioether (sulfide) groups is 1. The van der Waals surface area contributed by atoms with E-state index in [1.165, 1.54) is 11.6 Å². The zero-order chi connectivity index (χ0) is 15.0. The Labute approximate surface area is 125 Å². The summed E-state index contributed by atoms with van der Waals surface area (Å²) in [5, 5.41) is 9.40. The molecular formula is C15H14N2O3S. The summed E-state index contributed by atoms with van der Waals surface area (Å²) in [7, 11) is 1.51. The zero-order valence-electron chi connectivity index (χ0n) is 11.4. The normalized spacial score (nSPS) is 16.7. The van der Waals surface area contributed by atoms with Crippen LogP contribution in [0.15, 0.2) is 40.3 Å². The molecule has 2 aromatic heterocycles. The predicted octanol–water partition coefficient (Wildman–Crippen LogP) is 1.74. The highest BCUT2D eigenvalue weighted by Gasteiger charge is 2.27. The Bertz CT molecular complexity index is 756. The molecule has 0 saturated carbocycles. The Morgan fingerprint density at radius 1 is 1.57 bits per heavy atom. The van der Waals surface area contributed by atoms with E-state index < -0.39 is 5.97 Å². The summed E-state index contributed by atoms with van der Waals surface area (Å²) in [5.74, 6) is -1.08. The molecule has 0 radical (unpaired) electrons. The average Bonchev–Trinajstić information content (AvgIpc) is 2.86. The van der Waals surface area contributed by atoms with Crippen molar-refractivity contribution in [3.8, 4) is 0 Å².